The van der Waals surface area contributed by atoms with Gasteiger partial charge in [0.25, 0.3) is 0 Å². The summed E-state index contributed by atoms with van der Waals surface area (Å²) in [4.78, 5) is 11.2. The van der Waals surface area contributed by atoms with E-state index in [-0.39, 0.29) is 0 Å². The largest absolute Gasteiger partial charge is 0.309 e. The van der Waals surface area contributed by atoms with Gasteiger partial charge in [-0.3, -0.25) is 4.57 Å². The molecule has 4 aromatic heterocycles. The molecule has 0 fully saturated rings. The lowest BCUT2D eigenvalue weighted by molar-refractivity contribution is 0.970. The van der Waals surface area contributed by atoms with Gasteiger partial charge in [-0.05, 0) is 159 Å². The summed E-state index contributed by atoms with van der Waals surface area (Å²) >= 11 is 0. The number of rotatable bonds is 9. The molecule has 5 nitrogen and oxygen atoms in total. The Kier molecular flexibility index (Phi) is 10.7. The Morgan fingerprint density at radius 3 is 0.892 bits per heavy atom. The molecule has 0 unspecified atom stereocenters. The van der Waals surface area contributed by atoms with Gasteiger partial charge in [0.2, 0.25) is 5.95 Å². The summed E-state index contributed by atoms with van der Waals surface area (Å²) in [6, 6.07) is 104. The van der Waals surface area contributed by atoms with E-state index in [1.807, 2.05) is 0 Å². The van der Waals surface area contributed by atoms with Crippen molar-refractivity contribution in [3.05, 3.63) is 296 Å². The van der Waals surface area contributed by atoms with Crippen molar-refractivity contribution in [3.63, 3.8) is 0 Å². The van der Waals surface area contributed by atoms with Gasteiger partial charge in [-0.25, -0.2) is 9.97 Å². The topological polar surface area (TPSA) is 40.6 Å². The van der Waals surface area contributed by atoms with E-state index in [4.69, 9.17) is 9.97 Å². The summed E-state index contributed by atoms with van der Waals surface area (Å²) in [5.74, 6) is 0.642. The van der Waals surface area contributed by atoms with E-state index in [0.29, 0.717) is 5.95 Å². The second-order valence-corrected chi connectivity index (χ2v) is 22.1. The van der Waals surface area contributed by atoms with Crippen LogP contribution in [0.1, 0.15) is 11.1 Å². The predicted octanol–water partition coefficient (Wildman–Crippen LogP) is 19.9. The number of aryl methyl sites for hydroxylation is 2. The van der Waals surface area contributed by atoms with Gasteiger partial charge >= 0.3 is 0 Å². The van der Waals surface area contributed by atoms with Gasteiger partial charge in [-0.1, -0.05) is 194 Å². The van der Waals surface area contributed by atoms with E-state index in [9.17, 15) is 0 Å². The molecule has 1 aliphatic rings. The van der Waals surface area contributed by atoms with Crippen molar-refractivity contribution >= 4 is 65.4 Å². The first-order valence-corrected chi connectivity index (χ1v) is 28.7. The molecule has 17 rings (SSSR count). The number of benzene rings is 12. The highest BCUT2D eigenvalue weighted by Crippen LogP contribution is 2.46. The average molecular weight is 1060 g/mol. The number of nitrogens with zero attached hydrogens (tertiary/aromatic N) is 5. The third-order valence-electron chi connectivity index (χ3n) is 17.3. The van der Waals surface area contributed by atoms with Crippen LogP contribution < -0.4 is 0 Å². The zero-order valence-corrected chi connectivity index (χ0v) is 45.3. The Labute approximate surface area is 479 Å². The first-order valence-electron chi connectivity index (χ1n) is 28.7. The van der Waals surface area contributed by atoms with Crippen molar-refractivity contribution in [2.45, 2.75) is 12.8 Å². The number of hydrogen-bond acceptors (Lipinski definition) is 2. The Bertz CT molecular complexity index is 4890. The number of fused-ring (bicyclic) bond motifs is 6. The van der Waals surface area contributed by atoms with Gasteiger partial charge in [0.15, 0.2) is 0 Å². The standard InChI is InChI=1S/C78H51N5/c1-7-19-50(20-8-1)54-33-37-70-64(43-54)66-45-56(35-39-72(66)81(70)62-27-15-5-16-28-62)60-41-58-31-32-59-42-61(57-36-40-73-67(46-57)65-44-55(51-21-9-2-10-22-51)34-38-71(65)82(73)63-29-17-6-18-30-63)48-75-77(59)76(58)74(47-60)83(75)78-79-68(52-23-11-3-12-24-52)49-69(80-78)53-25-13-4-14-26-53/h1-30,33-49H,31-32H2. The summed E-state index contributed by atoms with van der Waals surface area (Å²) in [7, 11) is 0. The van der Waals surface area contributed by atoms with Crippen LogP contribution in [0.2, 0.25) is 0 Å². The Hall–Kier alpha value is -10.9. The predicted molar refractivity (Wildman–Crippen MR) is 345 cm³/mol. The lowest BCUT2D eigenvalue weighted by Gasteiger charge is -2.16. The molecule has 0 saturated heterocycles. The molecular formula is C78H51N5. The van der Waals surface area contributed by atoms with Gasteiger partial charge < -0.3 is 9.13 Å². The molecule has 0 aliphatic heterocycles. The fourth-order valence-corrected chi connectivity index (χ4v) is 13.4. The van der Waals surface area contributed by atoms with E-state index >= 15 is 0 Å². The number of para-hydroxylation sites is 2. The molecule has 0 N–H and O–H groups in total. The van der Waals surface area contributed by atoms with E-state index in [1.165, 1.54) is 110 Å². The Morgan fingerprint density at radius 1 is 0.229 bits per heavy atom. The Balaban J connectivity index is 0.916. The molecule has 4 heterocycles. The maximum Gasteiger partial charge on any atom is 0.235 e. The normalized spacial score (nSPS) is 12.2. The Morgan fingerprint density at radius 2 is 0.542 bits per heavy atom. The number of aromatic nitrogens is 5. The van der Waals surface area contributed by atoms with E-state index in [2.05, 4.69) is 299 Å². The van der Waals surface area contributed by atoms with E-state index in [0.717, 1.165) is 57.8 Å². The third kappa shape index (κ3) is 7.70. The summed E-state index contributed by atoms with van der Waals surface area (Å²) in [6.07, 6.45) is 1.81. The van der Waals surface area contributed by atoms with Gasteiger partial charge in [-0.2, -0.15) is 0 Å². The average Bonchev–Trinajstić information content (AvgIpc) is 2.15. The summed E-state index contributed by atoms with van der Waals surface area (Å²) in [5, 5.41) is 7.42. The monoisotopic (exact) mass is 1060 g/mol. The summed E-state index contributed by atoms with van der Waals surface area (Å²) in [6.45, 7) is 0. The quantitative estimate of drug-likeness (QED) is 0.145. The minimum absolute atomic E-state index is 0.642. The molecule has 5 heteroatoms. The summed E-state index contributed by atoms with van der Waals surface area (Å²) < 4.78 is 7.21. The van der Waals surface area contributed by atoms with Crippen molar-refractivity contribution < 1.29 is 0 Å². The van der Waals surface area contributed by atoms with Crippen molar-refractivity contribution in [3.8, 4) is 84.3 Å². The van der Waals surface area contributed by atoms with Crippen LogP contribution in [0.15, 0.2) is 285 Å². The second kappa shape index (κ2) is 18.9. The van der Waals surface area contributed by atoms with E-state index < -0.39 is 0 Å². The highest BCUT2D eigenvalue weighted by atomic mass is 15.2. The first kappa shape index (κ1) is 47.0. The minimum Gasteiger partial charge on any atom is -0.309 e. The molecule has 0 saturated carbocycles. The lowest BCUT2D eigenvalue weighted by atomic mass is 9.87. The summed E-state index contributed by atoms with van der Waals surface area (Å²) in [5.41, 5.74) is 25.2. The second-order valence-electron chi connectivity index (χ2n) is 22.1. The SMILES string of the molecule is c1ccc(-c2ccc3c(c2)c2cc(-c4cc5c6c7c(cc(-c8ccc9c(c8)c8cc(-c%10ccccc%10)ccc8n9-c8ccccc8)cc7n(-c7nc(-c8ccccc8)cc(-c8ccccc8)n7)c6c4)CC5)ccc2n3-c2ccccc2)cc1. The molecule has 388 valence electrons. The fraction of sp³-hybridized carbons (Fsp3) is 0.0256. The van der Waals surface area contributed by atoms with Gasteiger partial charge in [0.05, 0.1) is 44.5 Å². The van der Waals surface area contributed by atoms with Crippen LogP contribution in [-0.2, 0) is 12.8 Å². The zero-order chi connectivity index (χ0) is 54.5. The molecule has 0 spiro atoms. The van der Waals surface area contributed by atoms with Gasteiger partial charge in [0, 0.05) is 54.8 Å². The molecular weight excluding hydrogens is 1010 g/mol. The van der Waals surface area contributed by atoms with Gasteiger partial charge in [0.1, 0.15) is 0 Å². The van der Waals surface area contributed by atoms with Crippen molar-refractivity contribution in [1.29, 1.82) is 0 Å². The molecule has 1 aliphatic carbocycles. The van der Waals surface area contributed by atoms with Crippen LogP contribution >= 0.6 is 0 Å². The first-order chi connectivity index (χ1) is 41.1. The maximum atomic E-state index is 5.58. The molecule has 16 aromatic rings. The third-order valence-corrected chi connectivity index (χ3v) is 17.3. The molecule has 0 amide bonds. The highest BCUT2D eigenvalue weighted by Gasteiger charge is 2.27. The molecule has 0 bridgehead atoms. The van der Waals surface area contributed by atoms with Crippen molar-refractivity contribution in [2.24, 2.45) is 0 Å². The molecule has 0 radical (unpaired) electrons. The van der Waals surface area contributed by atoms with Crippen LogP contribution in [0.3, 0.4) is 0 Å². The highest BCUT2D eigenvalue weighted by molar-refractivity contribution is 6.17. The van der Waals surface area contributed by atoms with Crippen molar-refractivity contribution in [1.82, 2.24) is 23.7 Å². The van der Waals surface area contributed by atoms with Crippen LogP contribution in [0, 0.1) is 0 Å². The minimum atomic E-state index is 0.642. The molecule has 83 heavy (non-hydrogen) atoms. The molecule has 0 atom stereocenters. The van der Waals surface area contributed by atoms with Crippen LogP contribution in [0.25, 0.3) is 150 Å². The number of hydrogen-bond donors (Lipinski definition) is 0. The smallest absolute Gasteiger partial charge is 0.235 e. The fourth-order valence-electron chi connectivity index (χ4n) is 13.4. The lowest BCUT2D eigenvalue weighted by Crippen LogP contribution is -2.04. The van der Waals surface area contributed by atoms with Crippen LogP contribution in [-0.4, -0.2) is 23.7 Å². The van der Waals surface area contributed by atoms with Gasteiger partial charge in [-0.15, -0.1) is 0 Å². The zero-order valence-electron chi connectivity index (χ0n) is 45.3. The van der Waals surface area contributed by atoms with Crippen LogP contribution in [0.5, 0.6) is 0 Å². The van der Waals surface area contributed by atoms with Crippen LogP contribution in [0.4, 0.5) is 0 Å². The maximum absolute atomic E-state index is 5.58. The van der Waals surface area contributed by atoms with E-state index in [1.54, 1.807) is 0 Å². The molecule has 12 aromatic carbocycles. The van der Waals surface area contributed by atoms with Crippen molar-refractivity contribution in [2.75, 3.05) is 0 Å².